The second kappa shape index (κ2) is 8.66. The molecule has 0 atom stereocenters. The lowest BCUT2D eigenvalue weighted by molar-refractivity contribution is -0.115. The predicted octanol–water partition coefficient (Wildman–Crippen LogP) is 5.00. The molecule has 0 saturated carbocycles. The number of hydrogen-bond donors (Lipinski definition) is 3. The van der Waals surface area contributed by atoms with Crippen LogP contribution in [0.3, 0.4) is 0 Å². The van der Waals surface area contributed by atoms with Gasteiger partial charge in [-0.25, -0.2) is 14.4 Å². The molecule has 0 aliphatic rings. The summed E-state index contributed by atoms with van der Waals surface area (Å²) < 4.78 is 51.6. The zero-order valence-corrected chi connectivity index (χ0v) is 16.6. The van der Waals surface area contributed by atoms with Gasteiger partial charge in [-0.2, -0.15) is 18.2 Å². The standard InChI is InChI=1S/C22H18F4N6/c23-15-5-1-13(2-6-15)11-28-21-31-18-10-9-17(14-3-7-16(27)8-4-14)30-19(18)20(32-21)29-12-22(24,25)26/h1-10H,11-12,27H2,(H2,28,29,31,32). The summed E-state index contributed by atoms with van der Waals surface area (Å²) in [6, 6.07) is 16.2. The molecule has 0 amide bonds. The molecule has 0 radical (unpaired) electrons. The van der Waals surface area contributed by atoms with E-state index in [0.717, 1.165) is 11.1 Å². The van der Waals surface area contributed by atoms with Crippen LogP contribution in [0.2, 0.25) is 0 Å². The number of alkyl halides is 3. The van der Waals surface area contributed by atoms with Crippen LogP contribution < -0.4 is 16.4 Å². The number of nitrogens with one attached hydrogen (secondary N) is 2. The van der Waals surface area contributed by atoms with Crippen molar-refractivity contribution in [2.45, 2.75) is 12.7 Å². The highest BCUT2D eigenvalue weighted by Crippen LogP contribution is 2.27. The molecule has 4 N–H and O–H groups in total. The van der Waals surface area contributed by atoms with Crippen LogP contribution in [0, 0.1) is 5.82 Å². The minimum Gasteiger partial charge on any atom is -0.399 e. The van der Waals surface area contributed by atoms with Gasteiger partial charge in [0, 0.05) is 17.8 Å². The van der Waals surface area contributed by atoms with Crippen molar-refractivity contribution in [3.63, 3.8) is 0 Å². The van der Waals surface area contributed by atoms with Crippen molar-refractivity contribution < 1.29 is 17.6 Å². The van der Waals surface area contributed by atoms with Crippen molar-refractivity contribution in [3.05, 3.63) is 72.0 Å². The van der Waals surface area contributed by atoms with Gasteiger partial charge in [0.25, 0.3) is 0 Å². The minimum atomic E-state index is -4.44. The Morgan fingerprint density at radius 1 is 0.812 bits per heavy atom. The van der Waals surface area contributed by atoms with Crippen LogP contribution in [0.1, 0.15) is 5.56 Å². The van der Waals surface area contributed by atoms with Crippen LogP contribution in [0.25, 0.3) is 22.3 Å². The Morgan fingerprint density at radius 2 is 1.53 bits per heavy atom. The number of fused-ring (bicyclic) bond motifs is 1. The van der Waals surface area contributed by atoms with Crippen LogP contribution in [0.4, 0.5) is 35.0 Å². The van der Waals surface area contributed by atoms with Gasteiger partial charge in [0.2, 0.25) is 5.95 Å². The Kier molecular flexibility index (Phi) is 5.76. The molecule has 0 fully saturated rings. The highest BCUT2D eigenvalue weighted by Gasteiger charge is 2.27. The monoisotopic (exact) mass is 442 g/mol. The van der Waals surface area contributed by atoms with Crippen molar-refractivity contribution in [2.75, 3.05) is 22.9 Å². The third kappa shape index (κ3) is 5.20. The molecule has 0 saturated heterocycles. The van der Waals surface area contributed by atoms with Crippen LogP contribution in [-0.2, 0) is 6.54 Å². The number of benzene rings is 2. The Hall–Kier alpha value is -3.95. The van der Waals surface area contributed by atoms with E-state index in [4.69, 9.17) is 5.73 Å². The fourth-order valence-corrected chi connectivity index (χ4v) is 3.00. The number of rotatable bonds is 6. The maximum absolute atomic E-state index is 13.1. The number of nitrogens with two attached hydrogens (primary N) is 1. The summed E-state index contributed by atoms with van der Waals surface area (Å²) in [7, 11) is 0. The predicted molar refractivity (Wildman–Crippen MR) is 115 cm³/mol. The van der Waals surface area contributed by atoms with E-state index in [2.05, 4.69) is 25.6 Å². The van der Waals surface area contributed by atoms with Crippen molar-refractivity contribution in [3.8, 4) is 11.3 Å². The molecule has 2 aromatic heterocycles. The zero-order chi connectivity index (χ0) is 22.7. The van der Waals surface area contributed by atoms with E-state index < -0.39 is 12.7 Å². The number of anilines is 3. The van der Waals surface area contributed by atoms with E-state index in [1.165, 1.54) is 12.1 Å². The number of halogens is 4. The van der Waals surface area contributed by atoms with Gasteiger partial charge in [-0.1, -0.05) is 24.3 Å². The molecule has 4 aromatic rings. The molecule has 2 heterocycles. The number of pyridine rings is 1. The lowest BCUT2D eigenvalue weighted by atomic mass is 10.1. The first kappa shape index (κ1) is 21.3. The zero-order valence-electron chi connectivity index (χ0n) is 16.6. The average Bonchev–Trinajstić information content (AvgIpc) is 2.77. The molecule has 0 unspecified atom stereocenters. The normalized spacial score (nSPS) is 11.5. The molecule has 4 rings (SSSR count). The fraction of sp³-hybridized carbons (Fsp3) is 0.136. The maximum atomic E-state index is 13.1. The van der Waals surface area contributed by atoms with E-state index in [0.29, 0.717) is 16.9 Å². The van der Waals surface area contributed by atoms with Gasteiger partial charge in [0.05, 0.1) is 11.2 Å². The molecule has 0 bridgehead atoms. The fourth-order valence-electron chi connectivity index (χ4n) is 3.00. The molecule has 10 heteroatoms. The van der Waals surface area contributed by atoms with Crippen LogP contribution >= 0.6 is 0 Å². The highest BCUT2D eigenvalue weighted by atomic mass is 19.4. The number of hydrogen-bond acceptors (Lipinski definition) is 6. The SMILES string of the molecule is Nc1ccc(-c2ccc3nc(NCc4ccc(F)cc4)nc(NCC(F)(F)F)c3n2)cc1. The maximum Gasteiger partial charge on any atom is 0.405 e. The van der Waals surface area contributed by atoms with Crippen LogP contribution in [-0.4, -0.2) is 27.7 Å². The van der Waals surface area contributed by atoms with E-state index in [9.17, 15) is 17.6 Å². The van der Waals surface area contributed by atoms with Crippen LogP contribution in [0.15, 0.2) is 60.7 Å². The summed E-state index contributed by atoms with van der Waals surface area (Å²) in [5, 5.41) is 5.27. The summed E-state index contributed by atoms with van der Waals surface area (Å²) in [5.41, 5.74) is 8.92. The highest BCUT2D eigenvalue weighted by molar-refractivity contribution is 5.88. The Balaban J connectivity index is 1.68. The van der Waals surface area contributed by atoms with Gasteiger partial charge in [-0.3, -0.25) is 0 Å². The molecule has 6 nitrogen and oxygen atoms in total. The van der Waals surface area contributed by atoms with E-state index in [1.54, 1.807) is 48.5 Å². The molecule has 2 aromatic carbocycles. The number of aromatic nitrogens is 3. The molecule has 0 spiro atoms. The van der Waals surface area contributed by atoms with Gasteiger partial charge in [-0.15, -0.1) is 0 Å². The van der Waals surface area contributed by atoms with E-state index >= 15 is 0 Å². The first-order chi connectivity index (χ1) is 15.3. The Bertz CT molecular complexity index is 1220. The smallest absolute Gasteiger partial charge is 0.399 e. The molecule has 0 aliphatic carbocycles. The van der Waals surface area contributed by atoms with Crippen molar-refractivity contribution >= 4 is 28.5 Å². The van der Waals surface area contributed by atoms with Crippen LogP contribution in [0.5, 0.6) is 0 Å². The van der Waals surface area contributed by atoms with Crippen molar-refractivity contribution in [1.29, 1.82) is 0 Å². The second-order valence-electron chi connectivity index (χ2n) is 7.03. The molecule has 164 valence electrons. The first-order valence-corrected chi connectivity index (χ1v) is 9.60. The summed E-state index contributed by atoms with van der Waals surface area (Å²) >= 11 is 0. The topological polar surface area (TPSA) is 88.8 Å². The lowest BCUT2D eigenvalue weighted by Gasteiger charge is -2.13. The third-order valence-electron chi connectivity index (χ3n) is 4.57. The molecular formula is C22H18F4N6. The molecular weight excluding hydrogens is 424 g/mol. The molecule has 32 heavy (non-hydrogen) atoms. The van der Waals surface area contributed by atoms with Gasteiger partial charge < -0.3 is 16.4 Å². The van der Waals surface area contributed by atoms with Gasteiger partial charge >= 0.3 is 6.18 Å². The average molecular weight is 442 g/mol. The van der Waals surface area contributed by atoms with Gasteiger partial charge in [0.1, 0.15) is 17.9 Å². The number of nitrogens with zero attached hydrogens (tertiary/aromatic N) is 3. The lowest BCUT2D eigenvalue weighted by Crippen LogP contribution is -2.22. The van der Waals surface area contributed by atoms with E-state index in [-0.39, 0.29) is 29.6 Å². The Morgan fingerprint density at radius 3 is 2.22 bits per heavy atom. The summed E-state index contributed by atoms with van der Waals surface area (Å²) in [5.74, 6) is -0.294. The van der Waals surface area contributed by atoms with Gasteiger partial charge in [-0.05, 0) is 42.0 Å². The largest absolute Gasteiger partial charge is 0.405 e. The first-order valence-electron chi connectivity index (χ1n) is 9.60. The van der Waals surface area contributed by atoms with Crippen molar-refractivity contribution in [2.24, 2.45) is 0 Å². The number of nitrogen functional groups attached to an aromatic ring is 1. The molecule has 0 aliphatic heterocycles. The Labute approximate surface area is 180 Å². The summed E-state index contributed by atoms with van der Waals surface area (Å²) in [6.45, 7) is -1.01. The second-order valence-corrected chi connectivity index (χ2v) is 7.03. The van der Waals surface area contributed by atoms with Crippen molar-refractivity contribution in [1.82, 2.24) is 15.0 Å². The summed E-state index contributed by atoms with van der Waals surface area (Å²) in [6.07, 6.45) is -4.44. The quantitative estimate of drug-likeness (QED) is 0.288. The van der Waals surface area contributed by atoms with Gasteiger partial charge in [0.15, 0.2) is 5.82 Å². The van der Waals surface area contributed by atoms with E-state index in [1.807, 2.05) is 0 Å². The minimum absolute atomic E-state index is 0.0498. The third-order valence-corrected chi connectivity index (χ3v) is 4.57. The summed E-state index contributed by atoms with van der Waals surface area (Å²) in [4.78, 5) is 13.0.